The number of piperazine rings is 1. The van der Waals surface area contributed by atoms with E-state index in [1.54, 1.807) is 6.92 Å². The number of nitrogens with two attached hydrogens (primary N) is 1. The number of thiocarbonyl (C=S) groups is 1. The highest BCUT2D eigenvalue weighted by Gasteiger charge is 2.31. The van der Waals surface area contributed by atoms with Gasteiger partial charge >= 0.3 is 5.97 Å². The number of sulfonamides is 1. The molecule has 0 amide bonds. The summed E-state index contributed by atoms with van der Waals surface area (Å²) in [5, 5.41) is 0. The highest BCUT2D eigenvalue weighted by Crippen LogP contribution is 2.13. The molecule has 0 spiro atoms. The average Bonchev–Trinajstić information content (AvgIpc) is 2.39. The standard InChI is InChI=1S/C12H23N3O4S2/c1-3-10(12(13)20)14-5-7-15(8-6-14)21(17,18)9-11(16)19-4-2/h10H,3-9H2,1-2H3,(H2,13,20). The molecule has 1 saturated heterocycles. The molecule has 1 atom stereocenters. The van der Waals surface area contributed by atoms with E-state index in [1.807, 2.05) is 6.92 Å². The first-order valence-electron chi connectivity index (χ1n) is 6.98. The quantitative estimate of drug-likeness (QED) is 0.497. The molecule has 1 fully saturated rings. The van der Waals surface area contributed by atoms with Crippen LogP contribution in [0.2, 0.25) is 0 Å². The van der Waals surface area contributed by atoms with E-state index in [4.69, 9.17) is 18.0 Å². The fourth-order valence-corrected chi connectivity index (χ4v) is 3.97. The van der Waals surface area contributed by atoms with Gasteiger partial charge in [0, 0.05) is 26.2 Å². The molecule has 0 aliphatic carbocycles. The maximum atomic E-state index is 12.1. The molecule has 1 rings (SSSR count). The summed E-state index contributed by atoms with van der Waals surface area (Å²) in [5.74, 6) is -1.32. The van der Waals surface area contributed by atoms with Crippen LogP contribution in [0.25, 0.3) is 0 Å². The number of carbonyl (C=O) groups excluding carboxylic acids is 1. The lowest BCUT2D eigenvalue weighted by Gasteiger charge is -2.37. The number of rotatable bonds is 7. The first kappa shape index (κ1) is 18.3. The first-order chi connectivity index (χ1) is 9.81. The minimum atomic E-state index is -3.61. The maximum Gasteiger partial charge on any atom is 0.322 e. The Balaban J connectivity index is 2.59. The molecule has 1 aliphatic rings. The summed E-state index contributed by atoms with van der Waals surface area (Å²) in [5.41, 5.74) is 5.69. The molecule has 21 heavy (non-hydrogen) atoms. The molecule has 0 aromatic rings. The molecule has 7 nitrogen and oxygen atoms in total. The third-order valence-corrected chi connectivity index (χ3v) is 5.45. The second-order valence-electron chi connectivity index (χ2n) is 4.82. The summed E-state index contributed by atoms with van der Waals surface area (Å²) in [6.07, 6.45) is 0.797. The highest BCUT2D eigenvalue weighted by molar-refractivity contribution is 7.89. The lowest BCUT2D eigenvalue weighted by atomic mass is 10.1. The number of ether oxygens (including phenoxy) is 1. The molecule has 1 aliphatic heterocycles. The van der Waals surface area contributed by atoms with Gasteiger partial charge in [0.15, 0.2) is 5.75 Å². The lowest BCUT2D eigenvalue weighted by Crippen LogP contribution is -2.55. The van der Waals surface area contributed by atoms with Crippen LogP contribution in [0.4, 0.5) is 0 Å². The molecule has 122 valence electrons. The summed E-state index contributed by atoms with van der Waals surface area (Å²) in [6, 6.07) is -0.00471. The van der Waals surface area contributed by atoms with E-state index in [-0.39, 0.29) is 12.6 Å². The Kier molecular flexibility index (Phi) is 6.98. The fourth-order valence-electron chi connectivity index (χ4n) is 2.38. The van der Waals surface area contributed by atoms with Crippen LogP contribution in [0.1, 0.15) is 20.3 Å². The molecule has 0 saturated carbocycles. The minimum Gasteiger partial charge on any atom is -0.465 e. The molecule has 1 unspecified atom stereocenters. The maximum absolute atomic E-state index is 12.1. The van der Waals surface area contributed by atoms with Crippen LogP contribution < -0.4 is 5.73 Å². The summed E-state index contributed by atoms with van der Waals surface area (Å²) in [7, 11) is -3.61. The van der Waals surface area contributed by atoms with Crippen molar-refractivity contribution in [3.05, 3.63) is 0 Å². The van der Waals surface area contributed by atoms with E-state index in [0.29, 0.717) is 31.2 Å². The first-order valence-corrected chi connectivity index (χ1v) is 9.00. The van der Waals surface area contributed by atoms with E-state index in [9.17, 15) is 13.2 Å². The zero-order valence-electron chi connectivity index (χ0n) is 12.4. The predicted octanol–water partition coefficient (Wildman–Crippen LogP) is -0.438. The third kappa shape index (κ3) is 5.17. The molecule has 0 bridgehead atoms. The van der Waals surface area contributed by atoms with Crippen molar-refractivity contribution in [2.75, 3.05) is 38.5 Å². The fraction of sp³-hybridized carbons (Fsp3) is 0.833. The van der Waals surface area contributed by atoms with Gasteiger partial charge in [-0.15, -0.1) is 0 Å². The number of hydrogen-bond donors (Lipinski definition) is 1. The SMILES string of the molecule is CCOC(=O)CS(=O)(=O)N1CCN(C(CC)C(N)=S)CC1. The lowest BCUT2D eigenvalue weighted by molar-refractivity contribution is -0.140. The summed E-state index contributed by atoms with van der Waals surface area (Å²) < 4.78 is 30.2. The predicted molar refractivity (Wildman–Crippen MR) is 84.4 cm³/mol. The topological polar surface area (TPSA) is 92.9 Å². The van der Waals surface area contributed by atoms with E-state index in [1.165, 1.54) is 4.31 Å². The van der Waals surface area contributed by atoms with Crippen LogP contribution in [0, 0.1) is 0 Å². The molecular weight excluding hydrogens is 314 g/mol. The van der Waals surface area contributed by atoms with Gasteiger partial charge in [0.25, 0.3) is 0 Å². The molecule has 1 heterocycles. The van der Waals surface area contributed by atoms with Crippen molar-refractivity contribution in [1.29, 1.82) is 0 Å². The molecule has 0 aromatic carbocycles. The van der Waals surface area contributed by atoms with E-state index < -0.39 is 21.7 Å². The Morgan fingerprint density at radius 2 is 1.86 bits per heavy atom. The van der Waals surface area contributed by atoms with E-state index in [2.05, 4.69) is 9.64 Å². The van der Waals surface area contributed by atoms with Crippen molar-refractivity contribution in [2.45, 2.75) is 26.3 Å². The summed E-state index contributed by atoms with van der Waals surface area (Å²) >= 11 is 5.03. The third-order valence-electron chi connectivity index (χ3n) is 3.43. The zero-order valence-corrected chi connectivity index (χ0v) is 14.1. The Morgan fingerprint density at radius 3 is 2.29 bits per heavy atom. The second kappa shape index (κ2) is 8.02. The van der Waals surface area contributed by atoms with Crippen molar-refractivity contribution < 1.29 is 17.9 Å². The van der Waals surface area contributed by atoms with Gasteiger partial charge in [0.1, 0.15) is 0 Å². The van der Waals surface area contributed by atoms with Gasteiger partial charge in [-0.3, -0.25) is 9.69 Å². The van der Waals surface area contributed by atoms with Crippen LogP contribution >= 0.6 is 12.2 Å². The van der Waals surface area contributed by atoms with Gasteiger partial charge in [-0.25, -0.2) is 8.42 Å². The van der Waals surface area contributed by atoms with Crippen LogP contribution in [0.15, 0.2) is 0 Å². The molecular formula is C12H23N3O4S2. The Morgan fingerprint density at radius 1 is 1.29 bits per heavy atom. The zero-order chi connectivity index (χ0) is 16.0. The minimum absolute atomic E-state index is 0.00471. The van der Waals surface area contributed by atoms with E-state index >= 15 is 0 Å². The van der Waals surface area contributed by atoms with Crippen molar-refractivity contribution in [3.63, 3.8) is 0 Å². The van der Waals surface area contributed by atoms with Crippen LogP contribution in [0.3, 0.4) is 0 Å². The van der Waals surface area contributed by atoms with Crippen LogP contribution in [0.5, 0.6) is 0 Å². The van der Waals surface area contributed by atoms with Gasteiger partial charge in [-0.2, -0.15) is 4.31 Å². The van der Waals surface area contributed by atoms with Crippen LogP contribution in [-0.2, 0) is 19.6 Å². The van der Waals surface area contributed by atoms with Gasteiger partial charge in [-0.1, -0.05) is 19.1 Å². The smallest absolute Gasteiger partial charge is 0.322 e. The molecule has 9 heteroatoms. The van der Waals surface area contributed by atoms with Crippen molar-refractivity contribution in [2.24, 2.45) is 5.73 Å². The summed E-state index contributed by atoms with van der Waals surface area (Å²) in [6.45, 7) is 5.59. The largest absolute Gasteiger partial charge is 0.465 e. The summed E-state index contributed by atoms with van der Waals surface area (Å²) in [4.78, 5) is 13.9. The van der Waals surface area contributed by atoms with Gasteiger partial charge in [0.2, 0.25) is 10.0 Å². The normalized spacial score (nSPS) is 19.1. The Labute approximate surface area is 131 Å². The monoisotopic (exact) mass is 337 g/mol. The molecule has 0 radical (unpaired) electrons. The van der Waals surface area contributed by atoms with Gasteiger partial charge < -0.3 is 10.5 Å². The van der Waals surface area contributed by atoms with Gasteiger partial charge in [-0.05, 0) is 13.3 Å². The number of nitrogens with zero attached hydrogens (tertiary/aromatic N) is 2. The van der Waals surface area contributed by atoms with Crippen LogP contribution in [-0.4, -0.2) is 73.2 Å². The number of carbonyl (C=O) groups is 1. The van der Waals surface area contributed by atoms with Gasteiger partial charge in [0.05, 0.1) is 17.6 Å². The Hall–Kier alpha value is -0.770. The Bertz CT molecular complexity index is 473. The number of esters is 1. The molecule has 0 aromatic heterocycles. The highest BCUT2D eigenvalue weighted by atomic mass is 32.2. The average molecular weight is 337 g/mol. The van der Waals surface area contributed by atoms with Crippen molar-refractivity contribution >= 4 is 33.2 Å². The van der Waals surface area contributed by atoms with E-state index in [0.717, 1.165) is 6.42 Å². The van der Waals surface area contributed by atoms with Crippen molar-refractivity contribution in [1.82, 2.24) is 9.21 Å². The number of hydrogen-bond acceptors (Lipinski definition) is 6. The second-order valence-corrected chi connectivity index (χ2v) is 7.26. The van der Waals surface area contributed by atoms with Crippen molar-refractivity contribution in [3.8, 4) is 0 Å². The molecule has 2 N–H and O–H groups in total.